The monoisotopic (exact) mass is 287 g/mol. The SMILES string of the molecule is Cc1cc(CCN)cnc1N1CCCC(C(F)(F)F)C1. The first-order valence-electron chi connectivity index (χ1n) is 6.89. The fourth-order valence-corrected chi connectivity index (χ4v) is 2.70. The fourth-order valence-electron chi connectivity index (χ4n) is 2.70. The molecule has 2 heterocycles. The number of anilines is 1. The van der Waals surface area contributed by atoms with Crippen molar-refractivity contribution in [2.45, 2.75) is 32.4 Å². The van der Waals surface area contributed by atoms with Crippen LogP contribution in [-0.4, -0.2) is 30.8 Å². The number of alkyl halides is 3. The largest absolute Gasteiger partial charge is 0.393 e. The summed E-state index contributed by atoms with van der Waals surface area (Å²) in [6.07, 6.45) is -0.905. The second-order valence-electron chi connectivity index (χ2n) is 5.35. The van der Waals surface area contributed by atoms with Gasteiger partial charge in [0.05, 0.1) is 5.92 Å². The first-order chi connectivity index (χ1) is 9.41. The molecule has 2 rings (SSSR count). The molecule has 3 nitrogen and oxygen atoms in total. The van der Waals surface area contributed by atoms with Gasteiger partial charge in [-0.15, -0.1) is 0 Å². The zero-order chi connectivity index (χ0) is 14.8. The summed E-state index contributed by atoms with van der Waals surface area (Å²) in [6.45, 7) is 3.07. The smallest absolute Gasteiger partial charge is 0.356 e. The van der Waals surface area contributed by atoms with E-state index >= 15 is 0 Å². The van der Waals surface area contributed by atoms with Crippen molar-refractivity contribution < 1.29 is 13.2 Å². The summed E-state index contributed by atoms with van der Waals surface area (Å²) < 4.78 is 38.5. The third-order valence-electron chi connectivity index (χ3n) is 3.72. The Labute approximate surface area is 117 Å². The first-order valence-corrected chi connectivity index (χ1v) is 6.89. The minimum absolute atomic E-state index is 0.00752. The molecule has 1 aliphatic rings. The summed E-state index contributed by atoms with van der Waals surface area (Å²) in [5.74, 6) is -0.583. The minimum atomic E-state index is -4.12. The lowest BCUT2D eigenvalue weighted by Crippen LogP contribution is -2.42. The standard InChI is InChI=1S/C14H20F3N3/c1-10-7-11(4-5-18)8-19-13(10)20-6-2-3-12(9-20)14(15,16)17/h7-8,12H,2-6,9,18H2,1H3. The van der Waals surface area contributed by atoms with Gasteiger partial charge in [0, 0.05) is 19.3 Å². The van der Waals surface area contributed by atoms with Gasteiger partial charge in [0.2, 0.25) is 0 Å². The normalized spacial score (nSPS) is 20.2. The van der Waals surface area contributed by atoms with Gasteiger partial charge in [-0.1, -0.05) is 6.07 Å². The van der Waals surface area contributed by atoms with Crippen LogP contribution >= 0.6 is 0 Å². The number of rotatable bonds is 3. The second-order valence-corrected chi connectivity index (χ2v) is 5.35. The van der Waals surface area contributed by atoms with Crippen molar-refractivity contribution in [1.82, 2.24) is 4.98 Å². The molecule has 1 fully saturated rings. The third kappa shape index (κ3) is 3.42. The van der Waals surface area contributed by atoms with E-state index in [1.807, 2.05) is 13.0 Å². The maximum atomic E-state index is 12.8. The highest BCUT2D eigenvalue weighted by molar-refractivity contribution is 5.47. The molecular weight excluding hydrogens is 267 g/mol. The molecule has 0 aromatic carbocycles. The zero-order valence-corrected chi connectivity index (χ0v) is 11.6. The molecule has 0 saturated carbocycles. The summed E-state index contributed by atoms with van der Waals surface area (Å²) in [7, 11) is 0. The average molecular weight is 287 g/mol. The first kappa shape index (κ1) is 15.1. The zero-order valence-electron chi connectivity index (χ0n) is 11.6. The molecule has 0 amide bonds. The number of aryl methyl sites for hydroxylation is 1. The predicted octanol–water partition coefficient (Wildman–Crippen LogP) is 2.67. The Morgan fingerprint density at radius 2 is 2.20 bits per heavy atom. The molecule has 1 aliphatic heterocycles. The van der Waals surface area contributed by atoms with Crippen molar-refractivity contribution in [3.8, 4) is 0 Å². The predicted molar refractivity (Wildman–Crippen MR) is 72.7 cm³/mol. The van der Waals surface area contributed by atoms with E-state index in [0.717, 1.165) is 17.5 Å². The number of aromatic nitrogens is 1. The Kier molecular flexibility index (Phi) is 4.52. The highest BCUT2D eigenvalue weighted by Gasteiger charge is 2.42. The van der Waals surface area contributed by atoms with Crippen molar-refractivity contribution in [2.75, 3.05) is 24.5 Å². The number of hydrogen-bond acceptors (Lipinski definition) is 3. The molecule has 0 bridgehead atoms. The number of pyridine rings is 1. The number of nitrogens with zero attached hydrogens (tertiary/aromatic N) is 2. The molecule has 1 aromatic heterocycles. The van der Waals surface area contributed by atoms with Crippen molar-refractivity contribution in [3.05, 3.63) is 23.4 Å². The molecule has 2 N–H and O–H groups in total. The van der Waals surface area contributed by atoms with E-state index in [1.54, 1.807) is 11.1 Å². The lowest BCUT2D eigenvalue weighted by Gasteiger charge is -2.35. The van der Waals surface area contributed by atoms with Crippen molar-refractivity contribution in [2.24, 2.45) is 11.7 Å². The van der Waals surface area contributed by atoms with Crippen LogP contribution in [0.2, 0.25) is 0 Å². The lowest BCUT2D eigenvalue weighted by molar-refractivity contribution is -0.176. The van der Waals surface area contributed by atoms with Crippen LogP contribution in [0.1, 0.15) is 24.0 Å². The van der Waals surface area contributed by atoms with Gasteiger partial charge in [0.1, 0.15) is 5.82 Å². The molecule has 1 atom stereocenters. The van der Waals surface area contributed by atoms with Crippen LogP contribution in [-0.2, 0) is 6.42 Å². The van der Waals surface area contributed by atoms with E-state index in [0.29, 0.717) is 25.3 Å². The molecule has 0 radical (unpaired) electrons. The van der Waals surface area contributed by atoms with Gasteiger partial charge < -0.3 is 10.6 Å². The third-order valence-corrected chi connectivity index (χ3v) is 3.72. The van der Waals surface area contributed by atoms with Crippen LogP contribution in [0.15, 0.2) is 12.3 Å². The van der Waals surface area contributed by atoms with E-state index in [4.69, 9.17) is 5.73 Å². The number of halogens is 3. The quantitative estimate of drug-likeness (QED) is 0.929. The van der Waals surface area contributed by atoms with Crippen LogP contribution in [0.4, 0.5) is 19.0 Å². The van der Waals surface area contributed by atoms with Crippen LogP contribution < -0.4 is 10.6 Å². The molecule has 0 spiro atoms. The van der Waals surface area contributed by atoms with Gasteiger partial charge in [0.15, 0.2) is 0 Å². The number of hydrogen-bond donors (Lipinski definition) is 1. The van der Waals surface area contributed by atoms with Crippen LogP contribution in [0.25, 0.3) is 0 Å². The molecule has 0 aliphatic carbocycles. The fraction of sp³-hybridized carbons (Fsp3) is 0.643. The molecule has 20 heavy (non-hydrogen) atoms. The summed E-state index contributed by atoms with van der Waals surface area (Å²) in [6, 6.07) is 1.96. The Hall–Kier alpha value is -1.30. The lowest BCUT2D eigenvalue weighted by atomic mass is 9.97. The van der Waals surface area contributed by atoms with Crippen molar-refractivity contribution in [1.29, 1.82) is 0 Å². The van der Waals surface area contributed by atoms with Gasteiger partial charge in [0.25, 0.3) is 0 Å². The minimum Gasteiger partial charge on any atom is -0.356 e. The molecule has 112 valence electrons. The maximum Gasteiger partial charge on any atom is 0.393 e. The van der Waals surface area contributed by atoms with Crippen LogP contribution in [0.3, 0.4) is 0 Å². The number of nitrogens with two attached hydrogens (primary N) is 1. The molecule has 1 unspecified atom stereocenters. The van der Waals surface area contributed by atoms with E-state index in [1.165, 1.54) is 0 Å². The molecule has 6 heteroatoms. The Balaban J connectivity index is 2.15. The Bertz CT molecular complexity index is 459. The summed E-state index contributed by atoms with van der Waals surface area (Å²) in [5.41, 5.74) is 7.44. The van der Waals surface area contributed by atoms with Gasteiger partial charge in [-0.05, 0) is 43.9 Å². The Morgan fingerprint density at radius 3 is 2.80 bits per heavy atom. The molecule has 1 saturated heterocycles. The summed E-state index contributed by atoms with van der Waals surface area (Å²) in [4.78, 5) is 6.09. The van der Waals surface area contributed by atoms with Gasteiger partial charge >= 0.3 is 6.18 Å². The molecular formula is C14H20F3N3. The molecule has 1 aromatic rings. The maximum absolute atomic E-state index is 12.8. The number of piperidine rings is 1. The van der Waals surface area contributed by atoms with Gasteiger partial charge in [-0.25, -0.2) is 4.98 Å². The van der Waals surface area contributed by atoms with Gasteiger partial charge in [-0.2, -0.15) is 13.2 Å². The van der Waals surface area contributed by atoms with E-state index in [2.05, 4.69) is 4.98 Å². The van der Waals surface area contributed by atoms with E-state index in [9.17, 15) is 13.2 Å². The van der Waals surface area contributed by atoms with E-state index < -0.39 is 12.1 Å². The van der Waals surface area contributed by atoms with Crippen LogP contribution in [0.5, 0.6) is 0 Å². The summed E-state index contributed by atoms with van der Waals surface area (Å²) >= 11 is 0. The van der Waals surface area contributed by atoms with Gasteiger partial charge in [-0.3, -0.25) is 0 Å². The highest BCUT2D eigenvalue weighted by Crippen LogP contribution is 2.35. The van der Waals surface area contributed by atoms with E-state index in [-0.39, 0.29) is 13.0 Å². The van der Waals surface area contributed by atoms with Crippen molar-refractivity contribution >= 4 is 5.82 Å². The Morgan fingerprint density at radius 1 is 1.45 bits per heavy atom. The second kappa shape index (κ2) is 5.99. The topological polar surface area (TPSA) is 42.1 Å². The van der Waals surface area contributed by atoms with Crippen molar-refractivity contribution in [3.63, 3.8) is 0 Å². The summed E-state index contributed by atoms with van der Waals surface area (Å²) in [5, 5.41) is 0. The average Bonchev–Trinajstić information content (AvgIpc) is 2.38. The highest BCUT2D eigenvalue weighted by atomic mass is 19.4. The van der Waals surface area contributed by atoms with Crippen LogP contribution in [0, 0.1) is 12.8 Å².